The molecule has 10 heteroatoms. The third kappa shape index (κ3) is 4.10. The van der Waals surface area contributed by atoms with E-state index in [1.807, 2.05) is 6.07 Å². The number of halogens is 1. The molecule has 192 valence electrons. The zero-order valence-corrected chi connectivity index (χ0v) is 20.3. The molecule has 1 aromatic carbocycles. The van der Waals surface area contributed by atoms with Gasteiger partial charge < -0.3 is 4.90 Å². The lowest BCUT2D eigenvalue weighted by molar-refractivity contribution is -0.136. The largest absolute Gasteiger partial charge is 0.368 e. The van der Waals surface area contributed by atoms with Crippen molar-refractivity contribution in [2.24, 2.45) is 0 Å². The molecule has 0 bridgehead atoms. The van der Waals surface area contributed by atoms with Gasteiger partial charge in [0.05, 0.1) is 11.1 Å². The number of fused-ring (bicyclic) bond motifs is 1. The summed E-state index contributed by atoms with van der Waals surface area (Å²) < 4.78 is 13.8. The van der Waals surface area contributed by atoms with Gasteiger partial charge in [-0.2, -0.15) is 0 Å². The van der Waals surface area contributed by atoms with Crippen molar-refractivity contribution in [3.63, 3.8) is 0 Å². The van der Waals surface area contributed by atoms with Crippen LogP contribution in [0, 0.1) is 0 Å². The third-order valence-corrected chi connectivity index (χ3v) is 8.58. The number of nitrogens with one attached hydrogen (secondary N) is 1. The molecule has 5 aliphatic heterocycles. The number of imide groups is 2. The first-order chi connectivity index (χ1) is 17.4. The van der Waals surface area contributed by atoms with E-state index in [0.717, 1.165) is 62.6 Å². The molecule has 4 fully saturated rings. The van der Waals surface area contributed by atoms with Crippen LogP contribution in [0.25, 0.3) is 0 Å². The smallest absolute Gasteiger partial charge is 0.262 e. The van der Waals surface area contributed by atoms with Crippen molar-refractivity contribution in [3.05, 3.63) is 29.3 Å². The summed E-state index contributed by atoms with van der Waals surface area (Å²) in [7, 11) is 0. The number of hydrogen-bond donors (Lipinski definition) is 1. The van der Waals surface area contributed by atoms with Crippen LogP contribution in [-0.2, 0) is 9.59 Å². The summed E-state index contributed by atoms with van der Waals surface area (Å²) in [4.78, 5) is 57.8. The highest BCUT2D eigenvalue weighted by Gasteiger charge is 2.45. The Kier molecular flexibility index (Phi) is 6.03. The minimum atomic E-state index is -0.949. The van der Waals surface area contributed by atoms with Crippen molar-refractivity contribution in [2.45, 2.75) is 62.8 Å². The summed E-state index contributed by atoms with van der Waals surface area (Å²) in [6.45, 7) is 5.37. The molecular formula is C26H32FN5O4. The molecule has 0 saturated carbocycles. The lowest BCUT2D eigenvalue weighted by Crippen LogP contribution is -2.62. The fourth-order valence-electron chi connectivity index (χ4n) is 6.45. The molecule has 4 saturated heterocycles. The fourth-order valence-corrected chi connectivity index (χ4v) is 6.45. The Morgan fingerprint density at radius 2 is 1.56 bits per heavy atom. The molecule has 0 aliphatic carbocycles. The zero-order valence-electron chi connectivity index (χ0n) is 20.3. The maximum Gasteiger partial charge on any atom is 0.262 e. The molecule has 2 atom stereocenters. The summed E-state index contributed by atoms with van der Waals surface area (Å²) in [5.74, 6) is -1.93. The minimum Gasteiger partial charge on any atom is -0.368 e. The lowest BCUT2D eigenvalue weighted by Gasteiger charge is -2.50. The first kappa shape index (κ1) is 23.5. The first-order valence-corrected chi connectivity index (χ1v) is 13.1. The van der Waals surface area contributed by atoms with E-state index in [9.17, 15) is 23.6 Å². The van der Waals surface area contributed by atoms with E-state index < -0.39 is 29.9 Å². The van der Waals surface area contributed by atoms with E-state index in [2.05, 4.69) is 20.0 Å². The van der Waals surface area contributed by atoms with Gasteiger partial charge in [0.15, 0.2) is 0 Å². The number of carbonyl (C=O) groups excluding carboxylic acids is 4. The van der Waals surface area contributed by atoms with Gasteiger partial charge in [-0.15, -0.1) is 0 Å². The van der Waals surface area contributed by atoms with Gasteiger partial charge in [0.2, 0.25) is 11.8 Å². The predicted octanol–water partition coefficient (Wildman–Crippen LogP) is 1.17. The number of hydrogen-bond acceptors (Lipinski definition) is 7. The molecule has 5 heterocycles. The van der Waals surface area contributed by atoms with Crippen LogP contribution in [0.4, 0.5) is 10.1 Å². The SMILES string of the molecule is O=C1CCC(N2C(=O)c3ccc(N4CC(N5CCC(N6CCC[C@H](F)C6)CC5)C4)cc3C2=O)C(=O)N1. The van der Waals surface area contributed by atoms with Gasteiger partial charge in [-0.05, 0) is 56.8 Å². The number of amides is 4. The van der Waals surface area contributed by atoms with Crippen LogP contribution in [0.1, 0.15) is 59.2 Å². The Bertz CT molecular complexity index is 1100. The van der Waals surface area contributed by atoms with Crippen molar-refractivity contribution in [1.29, 1.82) is 0 Å². The van der Waals surface area contributed by atoms with Crippen LogP contribution in [0.5, 0.6) is 0 Å². The zero-order chi connectivity index (χ0) is 25.0. The number of benzene rings is 1. The van der Waals surface area contributed by atoms with E-state index in [0.29, 0.717) is 36.2 Å². The maximum absolute atomic E-state index is 13.8. The van der Waals surface area contributed by atoms with Crippen LogP contribution < -0.4 is 10.2 Å². The van der Waals surface area contributed by atoms with Crippen LogP contribution in [0.2, 0.25) is 0 Å². The van der Waals surface area contributed by atoms with E-state index >= 15 is 0 Å². The molecule has 0 aromatic heterocycles. The average molecular weight is 498 g/mol. The standard InChI is InChI=1S/C26H32FN5O4/c27-16-2-1-9-30(13-16)17-7-10-29(11-8-17)19-14-31(15-19)18-3-4-20-21(12-18)26(36)32(25(20)35)22-5-6-23(33)28-24(22)34/h3-4,12,16-17,19,22H,1-2,5-11,13-15H2,(H,28,33,34)/t16-,22?/m0/s1. The van der Waals surface area contributed by atoms with Gasteiger partial charge >= 0.3 is 0 Å². The number of anilines is 1. The summed E-state index contributed by atoms with van der Waals surface area (Å²) in [5, 5.41) is 2.22. The molecule has 6 rings (SSSR count). The molecule has 36 heavy (non-hydrogen) atoms. The molecule has 1 unspecified atom stereocenters. The molecule has 4 amide bonds. The van der Waals surface area contributed by atoms with Crippen molar-refractivity contribution in [1.82, 2.24) is 20.0 Å². The molecule has 1 aromatic rings. The summed E-state index contributed by atoms with van der Waals surface area (Å²) >= 11 is 0. The van der Waals surface area contributed by atoms with Gasteiger partial charge in [0.25, 0.3) is 11.8 Å². The topological polar surface area (TPSA) is 93.3 Å². The Labute approximate surface area is 209 Å². The van der Waals surface area contributed by atoms with Crippen molar-refractivity contribution in [3.8, 4) is 0 Å². The van der Waals surface area contributed by atoms with Crippen LogP contribution in [-0.4, -0.2) is 102 Å². The van der Waals surface area contributed by atoms with E-state index in [-0.39, 0.29) is 18.7 Å². The normalized spacial score (nSPS) is 28.9. The number of nitrogens with zero attached hydrogens (tertiary/aromatic N) is 4. The van der Waals surface area contributed by atoms with Crippen molar-refractivity contribution in [2.75, 3.05) is 44.2 Å². The van der Waals surface area contributed by atoms with Gasteiger partial charge in [0, 0.05) is 56.9 Å². The van der Waals surface area contributed by atoms with Gasteiger partial charge in [-0.3, -0.25) is 39.2 Å². The van der Waals surface area contributed by atoms with Gasteiger partial charge in [-0.1, -0.05) is 0 Å². The summed E-state index contributed by atoms with van der Waals surface area (Å²) in [6, 6.07) is 5.29. The molecule has 0 spiro atoms. The van der Waals surface area contributed by atoms with Crippen molar-refractivity contribution < 1.29 is 23.6 Å². The fraction of sp³-hybridized carbons (Fsp3) is 0.615. The second kappa shape index (κ2) is 9.23. The number of likely N-dealkylation sites (tertiary alicyclic amines) is 2. The van der Waals surface area contributed by atoms with E-state index in [4.69, 9.17) is 0 Å². The van der Waals surface area contributed by atoms with E-state index in [1.54, 1.807) is 12.1 Å². The lowest BCUT2D eigenvalue weighted by atomic mass is 9.96. The second-order valence-corrected chi connectivity index (χ2v) is 10.7. The Hall–Kier alpha value is -2.85. The average Bonchev–Trinajstić information content (AvgIpc) is 3.08. The number of piperidine rings is 3. The number of alkyl halides is 1. The van der Waals surface area contributed by atoms with Gasteiger partial charge in [0.1, 0.15) is 12.2 Å². The maximum atomic E-state index is 13.8. The second-order valence-electron chi connectivity index (χ2n) is 10.7. The van der Waals surface area contributed by atoms with Gasteiger partial charge in [-0.25, -0.2) is 4.39 Å². The molecule has 1 N–H and O–H groups in total. The Balaban J connectivity index is 1.05. The molecule has 0 radical (unpaired) electrons. The van der Waals surface area contributed by atoms with Crippen LogP contribution in [0.3, 0.4) is 0 Å². The number of rotatable bonds is 4. The predicted molar refractivity (Wildman–Crippen MR) is 129 cm³/mol. The minimum absolute atomic E-state index is 0.107. The monoisotopic (exact) mass is 497 g/mol. The number of carbonyl (C=O) groups is 4. The summed E-state index contributed by atoms with van der Waals surface area (Å²) in [6.07, 6.45) is 3.39. The highest BCUT2D eigenvalue weighted by Crippen LogP contribution is 2.33. The first-order valence-electron chi connectivity index (χ1n) is 13.1. The Morgan fingerprint density at radius 1 is 0.806 bits per heavy atom. The molecular weight excluding hydrogens is 465 g/mol. The summed E-state index contributed by atoms with van der Waals surface area (Å²) in [5.41, 5.74) is 1.52. The highest BCUT2D eigenvalue weighted by molar-refractivity contribution is 6.23. The van der Waals surface area contributed by atoms with Crippen LogP contribution in [0.15, 0.2) is 18.2 Å². The highest BCUT2D eigenvalue weighted by atomic mass is 19.1. The quantitative estimate of drug-likeness (QED) is 0.625. The molecule has 9 nitrogen and oxygen atoms in total. The van der Waals surface area contributed by atoms with Crippen LogP contribution >= 0.6 is 0 Å². The third-order valence-electron chi connectivity index (χ3n) is 8.58. The Morgan fingerprint density at radius 3 is 2.28 bits per heavy atom. The van der Waals surface area contributed by atoms with Crippen molar-refractivity contribution >= 4 is 29.3 Å². The van der Waals surface area contributed by atoms with E-state index in [1.165, 1.54) is 0 Å². The molecule has 5 aliphatic rings.